The molecular weight excluding hydrogens is 451 g/mol. The molecule has 0 fully saturated rings. The first-order valence-corrected chi connectivity index (χ1v) is 8.74. The van der Waals surface area contributed by atoms with Crippen LogP contribution in [0.4, 0.5) is 0 Å². The Balaban J connectivity index is 0.00000261. The van der Waals surface area contributed by atoms with E-state index in [1.165, 1.54) is 11.1 Å². The fourth-order valence-electron chi connectivity index (χ4n) is 2.58. The first kappa shape index (κ1) is 21.0. The van der Waals surface area contributed by atoms with Crippen molar-refractivity contribution in [1.29, 1.82) is 0 Å². The maximum Gasteiger partial charge on any atom is 0.226 e. The summed E-state index contributed by atoms with van der Waals surface area (Å²) in [6, 6.07) is 18.5. The molecule has 0 atom stereocenters. The number of oxazole rings is 1. The smallest absolute Gasteiger partial charge is 0.226 e. The van der Waals surface area contributed by atoms with Crippen molar-refractivity contribution in [1.82, 2.24) is 15.6 Å². The predicted molar refractivity (Wildman–Crippen MR) is 120 cm³/mol. The minimum atomic E-state index is 0. The molecule has 6 heteroatoms. The Kier molecular flexibility index (Phi) is 8.32. The lowest BCUT2D eigenvalue weighted by atomic mass is 10.1. The van der Waals surface area contributed by atoms with Crippen molar-refractivity contribution >= 4 is 29.9 Å². The topological polar surface area (TPSA) is 62.5 Å². The van der Waals surface area contributed by atoms with Crippen LogP contribution in [0.3, 0.4) is 0 Å². The first-order chi connectivity index (χ1) is 12.7. The van der Waals surface area contributed by atoms with Crippen LogP contribution in [0.5, 0.6) is 0 Å². The van der Waals surface area contributed by atoms with Crippen LogP contribution in [0.2, 0.25) is 0 Å². The highest BCUT2D eigenvalue weighted by Gasteiger charge is 2.07. The van der Waals surface area contributed by atoms with Crippen LogP contribution >= 0.6 is 24.0 Å². The van der Waals surface area contributed by atoms with Crippen molar-refractivity contribution in [2.45, 2.75) is 19.9 Å². The maximum atomic E-state index is 5.58. The Labute approximate surface area is 177 Å². The molecule has 0 unspecified atom stereocenters. The van der Waals surface area contributed by atoms with Gasteiger partial charge in [-0.15, -0.1) is 24.0 Å². The van der Waals surface area contributed by atoms with E-state index in [-0.39, 0.29) is 24.0 Å². The van der Waals surface area contributed by atoms with Gasteiger partial charge in [0.1, 0.15) is 6.26 Å². The third-order valence-electron chi connectivity index (χ3n) is 4.06. The maximum absolute atomic E-state index is 5.58. The molecule has 0 radical (unpaired) electrons. The summed E-state index contributed by atoms with van der Waals surface area (Å²) < 4.78 is 5.58. The molecule has 0 aliphatic rings. The minimum Gasteiger partial charge on any atom is -0.444 e. The number of aryl methyl sites for hydroxylation is 1. The highest BCUT2D eigenvalue weighted by Crippen LogP contribution is 2.18. The number of halogens is 1. The molecule has 27 heavy (non-hydrogen) atoms. The Morgan fingerprint density at radius 1 is 1.04 bits per heavy atom. The highest BCUT2D eigenvalue weighted by molar-refractivity contribution is 14.0. The molecule has 0 saturated carbocycles. The zero-order chi connectivity index (χ0) is 18.2. The van der Waals surface area contributed by atoms with Crippen LogP contribution < -0.4 is 10.6 Å². The lowest BCUT2D eigenvalue weighted by molar-refractivity contribution is 0.572. The van der Waals surface area contributed by atoms with E-state index in [1.807, 2.05) is 18.2 Å². The number of nitrogens with zero attached hydrogens (tertiary/aromatic N) is 2. The second-order valence-electron chi connectivity index (χ2n) is 6.10. The lowest BCUT2D eigenvalue weighted by Crippen LogP contribution is -2.37. The third kappa shape index (κ3) is 6.39. The number of aliphatic imine (C=N–C) groups is 1. The van der Waals surface area contributed by atoms with Gasteiger partial charge < -0.3 is 15.1 Å². The summed E-state index contributed by atoms with van der Waals surface area (Å²) in [7, 11) is 1.76. The Bertz CT molecular complexity index is 844. The summed E-state index contributed by atoms with van der Waals surface area (Å²) in [6.07, 6.45) is 2.63. The Hall–Kier alpha value is -2.35. The number of hydrogen-bond acceptors (Lipinski definition) is 3. The van der Waals surface area contributed by atoms with Crippen LogP contribution in [0.25, 0.3) is 11.5 Å². The molecule has 5 nitrogen and oxygen atoms in total. The molecule has 0 bridgehead atoms. The predicted octanol–water partition coefficient (Wildman–Crippen LogP) is 4.18. The van der Waals surface area contributed by atoms with E-state index in [9.17, 15) is 0 Å². The van der Waals surface area contributed by atoms with E-state index in [0.29, 0.717) is 12.4 Å². The second kappa shape index (κ2) is 10.7. The second-order valence-corrected chi connectivity index (χ2v) is 6.10. The molecule has 142 valence electrons. The average molecular weight is 476 g/mol. The fourth-order valence-corrected chi connectivity index (χ4v) is 2.58. The fraction of sp³-hybridized carbons (Fsp3) is 0.238. The largest absolute Gasteiger partial charge is 0.444 e. The van der Waals surface area contributed by atoms with E-state index >= 15 is 0 Å². The van der Waals surface area contributed by atoms with Gasteiger partial charge in [-0.25, -0.2) is 4.98 Å². The van der Waals surface area contributed by atoms with Gasteiger partial charge in [0.15, 0.2) is 5.96 Å². The van der Waals surface area contributed by atoms with Crippen molar-refractivity contribution in [3.63, 3.8) is 0 Å². The molecule has 0 aliphatic heterocycles. The van der Waals surface area contributed by atoms with Crippen LogP contribution in [0.15, 0.2) is 70.3 Å². The average Bonchev–Trinajstić information content (AvgIpc) is 3.15. The standard InChI is InChI=1S/C21H24N4O.HI/c1-16-8-10-18(11-9-16)20-25-19(15-26-20)14-24-21(22-2)23-13-12-17-6-4-3-5-7-17;/h3-11,15H,12-14H2,1-2H3,(H2,22,23,24);1H. The van der Waals surface area contributed by atoms with Gasteiger partial charge >= 0.3 is 0 Å². The van der Waals surface area contributed by atoms with E-state index in [2.05, 4.69) is 63.9 Å². The Morgan fingerprint density at radius 2 is 1.78 bits per heavy atom. The van der Waals surface area contributed by atoms with Gasteiger partial charge in [-0.3, -0.25) is 4.99 Å². The van der Waals surface area contributed by atoms with Gasteiger partial charge in [0.2, 0.25) is 5.89 Å². The first-order valence-electron chi connectivity index (χ1n) is 8.74. The molecule has 1 aromatic heterocycles. The molecule has 3 rings (SSSR count). The summed E-state index contributed by atoms with van der Waals surface area (Å²) in [5, 5.41) is 6.58. The van der Waals surface area contributed by atoms with Gasteiger partial charge in [0, 0.05) is 19.2 Å². The molecule has 0 amide bonds. The minimum absolute atomic E-state index is 0. The highest BCUT2D eigenvalue weighted by atomic mass is 127. The van der Waals surface area contributed by atoms with Gasteiger partial charge in [0.05, 0.1) is 12.2 Å². The van der Waals surface area contributed by atoms with Crippen molar-refractivity contribution in [2.24, 2.45) is 4.99 Å². The SMILES string of the molecule is CN=C(NCCc1ccccc1)NCc1coc(-c2ccc(C)cc2)n1.I. The quantitative estimate of drug-likeness (QED) is 0.319. The van der Waals surface area contributed by atoms with E-state index in [4.69, 9.17) is 4.42 Å². The number of guanidine groups is 1. The summed E-state index contributed by atoms with van der Waals surface area (Å²) in [4.78, 5) is 8.78. The Morgan fingerprint density at radius 3 is 2.48 bits per heavy atom. The van der Waals surface area contributed by atoms with Crippen LogP contribution in [-0.2, 0) is 13.0 Å². The summed E-state index contributed by atoms with van der Waals surface area (Å²) >= 11 is 0. The molecular formula is C21H25IN4O. The van der Waals surface area contributed by atoms with Crippen molar-refractivity contribution in [3.05, 3.63) is 77.7 Å². The summed E-state index contributed by atoms with van der Waals surface area (Å²) in [5.41, 5.74) is 4.33. The van der Waals surface area contributed by atoms with Gasteiger partial charge in [-0.2, -0.15) is 0 Å². The zero-order valence-electron chi connectivity index (χ0n) is 15.6. The molecule has 2 N–H and O–H groups in total. The number of hydrogen-bond donors (Lipinski definition) is 2. The monoisotopic (exact) mass is 476 g/mol. The summed E-state index contributed by atoms with van der Waals surface area (Å²) in [5.74, 6) is 1.38. The van der Waals surface area contributed by atoms with Crippen LogP contribution in [0.1, 0.15) is 16.8 Å². The van der Waals surface area contributed by atoms with E-state index < -0.39 is 0 Å². The van der Waals surface area contributed by atoms with E-state index in [0.717, 1.165) is 30.2 Å². The normalized spacial score (nSPS) is 11.0. The molecule has 0 spiro atoms. The number of aromatic nitrogens is 1. The molecule has 3 aromatic rings. The molecule has 0 aliphatic carbocycles. The van der Waals surface area contributed by atoms with Gasteiger partial charge in [-0.05, 0) is 31.0 Å². The molecule has 0 saturated heterocycles. The lowest BCUT2D eigenvalue weighted by Gasteiger charge is -2.10. The third-order valence-corrected chi connectivity index (χ3v) is 4.06. The summed E-state index contributed by atoms with van der Waals surface area (Å²) in [6.45, 7) is 3.43. The van der Waals surface area contributed by atoms with E-state index in [1.54, 1.807) is 13.3 Å². The van der Waals surface area contributed by atoms with Crippen LogP contribution in [0, 0.1) is 6.92 Å². The molecule has 2 aromatic carbocycles. The van der Waals surface area contributed by atoms with Crippen molar-refractivity contribution in [2.75, 3.05) is 13.6 Å². The number of benzene rings is 2. The van der Waals surface area contributed by atoms with Gasteiger partial charge in [-0.1, -0.05) is 48.0 Å². The van der Waals surface area contributed by atoms with Crippen molar-refractivity contribution < 1.29 is 4.42 Å². The molecule has 1 heterocycles. The number of nitrogens with one attached hydrogen (secondary N) is 2. The van der Waals surface area contributed by atoms with Crippen LogP contribution in [-0.4, -0.2) is 24.5 Å². The van der Waals surface area contributed by atoms with Crippen molar-refractivity contribution in [3.8, 4) is 11.5 Å². The number of rotatable bonds is 6. The zero-order valence-corrected chi connectivity index (χ0v) is 17.9. The van der Waals surface area contributed by atoms with Gasteiger partial charge in [0.25, 0.3) is 0 Å².